The summed E-state index contributed by atoms with van der Waals surface area (Å²) in [5.74, 6) is -6.77. The van der Waals surface area contributed by atoms with E-state index in [2.05, 4.69) is 4.98 Å². The number of halogens is 4. The van der Waals surface area contributed by atoms with Crippen LogP contribution >= 0.6 is 11.3 Å². The van der Waals surface area contributed by atoms with Crippen LogP contribution in [0.15, 0.2) is 24.3 Å². The maximum absolute atomic E-state index is 14.4. The Labute approximate surface area is 164 Å². The molecule has 2 heterocycles. The van der Waals surface area contributed by atoms with Crippen molar-refractivity contribution in [2.75, 3.05) is 4.90 Å². The van der Waals surface area contributed by atoms with Crippen LogP contribution in [0.4, 0.5) is 23.2 Å². The number of carbonyl (C=O) groups excluding carboxylic acids is 1. The van der Waals surface area contributed by atoms with Gasteiger partial charge in [-0.25, -0.2) is 22.5 Å². The normalized spacial score (nSPS) is 16.1. The van der Waals surface area contributed by atoms with Crippen molar-refractivity contribution < 1.29 is 37.0 Å². The van der Waals surface area contributed by atoms with Gasteiger partial charge in [-0.05, 0) is 12.1 Å². The van der Waals surface area contributed by atoms with Crippen molar-refractivity contribution in [3.8, 4) is 5.75 Å². The third-order valence-electron chi connectivity index (χ3n) is 4.24. The van der Waals surface area contributed by atoms with Gasteiger partial charge in [0.1, 0.15) is 22.0 Å². The standard InChI is InChI=1S/C18H10F4N2O4S/c19-7-2-1-3-10-16(7)24(18(27)11(28-10)5-13(25)26)6-12-23-15-9(21)4-8(20)14(22)17(15)29-12/h1-4,11H,5-6H2,(H,25,26). The Hall–Kier alpha value is -3.21. The number of hydrogen-bond acceptors (Lipinski definition) is 5. The fourth-order valence-electron chi connectivity index (χ4n) is 3.01. The van der Waals surface area contributed by atoms with Gasteiger partial charge in [0.15, 0.2) is 29.4 Å². The van der Waals surface area contributed by atoms with E-state index in [9.17, 15) is 27.2 Å². The van der Waals surface area contributed by atoms with E-state index < -0.39 is 59.7 Å². The number of carboxylic acid groups (broad SMARTS) is 1. The summed E-state index contributed by atoms with van der Waals surface area (Å²) in [6.45, 7) is -0.411. The van der Waals surface area contributed by atoms with Gasteiger partial charge < -0.3 is 9.84 Å². The van der Waals surface area contributed by atoms with Gasteiger partial charge >= 0.3 is 5.97 Å². The van der Waals surface area contributed by atoms with Gasteiger partial charge in [0.2, 0.25) is 0 Å². The minimum Gasteiger partial charge on any atom is -0.481 e. The van der Waals surface area contributed by atoms with Crippen molar-refractivity contribution in [3.63, 3.8) is 0 Å². The van der Waals surface area contributed by atoms with E-state index in [1.807, 2.05) is 0 Å². The maximum atomic E-state index is 14.4. The van der Waals surface area contributed by atoms with Crippen molar-refractivity contribution in [3.05, 3.63) is 52.5 Å². The van der Waals surface area contributed by atoms with Crippen LogP contribution in [0.3, 0.4) is 0 Å². The van der Waals surface area contributed by atoms with Crippen LogP contribution in [-0.4, -0.2) is 28.1 Å². The van der Waals surface area contributed by atoms with Crippen LogP contribution < -0.4 is 9.64 Å². The number of amides is 1. The molecule has 3 aromatic rings. The first-order valence-electron chi connectivity index (χ1n) is 8.17. The second-order valence-corrected chi connectivity index (χ2v) is 7.24. The highest BCUT2D eigenvalue weighted by Crippen LogP contribution is 2.39. The molecule has 150 valence electrons. The van der Waals surface area contributed by atoms with E-state index in [1.54, 1.807) is 0 Å². The molecule has 1 aliphatic heterocycles. The smallest absolute Gasteiger partial charge is 0.307 e. The van der Waals surface area contributed by atoms with Gasteiger partial charge in [-0.3, -0.25) is 14.5 Å². The lowest BCUT2D eigenvalue weighted by Gasteiger charge is -2.33. The summed E-state index contributed by atoms with van der Waals surface area (Å²) < 4.78 is 60.6. The second-order valence-electron chi connectivity index (χ2n) is 6.15. The average molecular weight is 426 g/mol. The zero-order valence-electron chi connectivity index (χ0n) is 14.3. The molecule has 0 radical (unpaired) electrons. The molecule has 29 heavy (non-hydrogen) atoms. The quantitative estimate of drug-likeness (QED) is 0.509. The monoisotopic (exact) mass is 426 g/mol. The lowest BCUT2D eigenvalue weighted by atomic mass is 10.1. The predicted octanol–water partition coefficient (Wildman–Crippen LogP) is 3.62. The highest BCUT2D eigenvalue weighted by atomic mass is 32.1. The number of carboxylic acids is 1. The van der Waals surface area contributed by atoms with Crippen LogP contribution in [0.2, 0.25) is 0 Å². The van der Waals surface area contributed by atoms with Gasteiger partial charge in [-0.2, -0.15) is 0 Å². The Morgan fingerprint density at radius 2 is 1.97 bits per heavy atom. The molecule has 4 rings (SSSR count). The van der Waals surface area contributed by atoms with Crippen molar-refractivity contribution in [1.29, 1.82) is 0 Å². The van der Waals surface area contributed by atoms with Crippen molar-refractivity contribution in [2.24, 2.45) is 0 Å². The van der Waals surface area contributed by atoms with E-state index in [0.29, 0.717) is 17.4 Å². The molecule has 1 N–H and O–H groups in total. The molecule has 0 fully saturated rings. The van der Waals surface area contributed by atoms with Crippen LogP contribution in [0.5, 0.6) is 5.75 Å². The summed E-state index contributed by atoms with van der Waals surface area (Å²) in [6, 6.07) is 4.12. The Balaban J connectivity index is 1.78. The highest BCUT2D eigenvalue weighted by molar-refractivity contribution is 7.18. The number of rotatable bonds is 4. The number of ether oxygens (including phenoxy) is 1. The van der Waals surface area contributed by atoms with Gasteiger partial charge in [0.25, 0.3) is 5.91 Å². The highest BCUT2D eigenvalue weighted by Gasteiger charge is 2.38. The number of nitrogens with zero attached hydrogens (tertiary/aromatic N) is 2. The van der Waals surface area contributed by atoms with E-state index >= 15 is 0 Å². The summed E-state index contributed by atoms with van der Waals surface area (Å²) in [5, 5.41) is 8.99. The zero-order valence-corrected chi connectivity index (χ0v) is 15.1. The number of carbonyl (C=O) groups is 2. The van der Waals surface area contributed by atoms with Gasteiger partial charge in [0.05, 0.1) is 17.7 Å². The van der Waals surface area contributed by atoms with Gasteiger partial charge in [0, 0.05) is 6.07 Å². The van der Waals surface area contributed by atoms with Crippen LogP contribution in [0, 0.1) is 23.3 Å². The molecular weight excluding hydrogens is 416 g/mol. The van der Waals surface area contributed by atoms with Crippen LogP contribution in [0.1, 0.15) is 11.4 Å². The first-order chi connectivity index (χ1) is 13.8. The number of thiazole rings is 1. The summed E-state index contributed by atoms with van der Waals surface area (Å²) in [5.41, 5.74) is -0.661. The van der Waals surface area contributed by atoms with Crippen molar-refractivity contribution >= 4 is 39.1 Å². The largest absolute Gasteiger partial charge is 0.481 e. The summed E-state index contributed by atoms with van der Waals surface area (Å²) in [4.78, 5) is 28.6. The molecule has 1 atom stereocenters. The summed E-state index contributed by atoms with van der Waals surface area (Å²) in [6.07, 6.45) is -2.08. The summed E-state index contributed by atoms with van der Waals surface area (Å²) >= 11 is 0.604. The maximum Gasteiger partial charge on any atom is 0.307 e. The van der Waals surface area contributed by atoms with E-state index in [1.165, 1.54) is 12.1 Å². The Morgan fingerprint density at radius 3 is 2.69 bits per heavy atom. The SMILES string of the molecule is O=C(O)CC1Oc2cccc(F)c2N(Cc2nc3c(F)cc(F)c(F)c3s2)C1=O. The number of anilines is 1. The van der Waals surface area contributed by atoms with Gasteiger partial charge in [-0.1, -0.05) is 6.07 Å². The predicted molar refractivity (Wildman–Crippen MR) is 93.8 cm³/mol. The number of aromatic nitrogens is 1. The van der Waals surface area contributed by atoms with Gasteiger partial charge in [-0.15, -0.1) is 11.3 Å². The minimum atomic E-state index is -1.41. The molecule has 1 unspecified atom stereocenters. The first kappa shape index (κ1) is 19.1. The number of fused-ring (bicyclic) bond motifs is 2. The molecule has 0 saturated carbocycles. The average Bonchev–Trinajstić information content (AvgIpc) is 3.07. The van der Waals surface area contributed by atoms with Crippen LogP contribution in [-0.2, 0) is 16.1 Å². The van der Waals surface area contributed by atoms with E-state index in [4.69, 9.17) is 9.84 Å². The molecule has 11 heteroatoms. The van der Waals surface area contributed by atoms with Crippen molar-refractivity contribution in [2.45, 2.75) is 19.1 Å². The Morgan fingerprint density at radius 1 is 1.21 bits per heavy atom. The van der Waals surface area contributed by atoms with Crippen LogP contribution in [0.25, 0.3) is 10.2 Å². The fraction of sp³-hybridized carbons (Fsp3) is 0.167. The first-order valence-corrected chi connectivity index (χ1v) is 8.99. The Bertz CT molecular complexity index is 1170. The van der Waals surface area contributed by atoms with E-state index in [0.717, 1.165) is 11.0 Å². The molecule has 1 amide bonds. The molecule has 1 aliphatic rings. The molecule has 0 bridgehead atoms. The van der Waals surface area contributed by atoms with E-state index in [-0.39, 0.29) is 21.1 Å². The number of para-hydroxylation sites is 1. The third kappa shape index (κ3) is 3.27. The molecule has 2 aromatic carbocycles. The molecule has 6 nitrogen and oxygen atoms in total. The number of benzene rings is 2. The summed E-state index contributed by atoms with van der Waals surface area (Å²) in [7, 11) is 0. The minimum absolute atomic E-state index is 0.00179. The lowest BCUT2D eigenvalue weighted by molar-refractivity contribution is -0.142. The molecular formula is C18H10F4N2O4S. The molecule has 1 aromatic heterocycles. The zero-order chi connectivity index (χ0) is 20.9. The van der Waals surface area contributed by atoms with Crippen molar-refractivity contribution in [1.82, 2.24) is 4.98 Å². The molecule has 0 saturated heterocycles. The number of aliphatic carboxylic acids is 1. The topological polar surface area (TPSA) is 79.7 Å². The molecule has 0 aliphatic carbocycles. The molecule has 0 spiro atoms. The number of hydrogen-bond donors (Lipinski definition) is 1. The third-order valence-corrected chi connectivity index (χ3v) is 5.28. The lowest BCUT2D eigenvalue weighted by Crippen LogP contribution is -2.46. The second kappa shape index (κ2) is 6.99. The Kier molecular flexibility index (Phi) is 4.61. The fourth-order valence-corrected chi connectivity index (χ4v) is 4.01.